The lowest BCUT2D eigenvalue weighted by Gasteiger charge is -2.03. The second kappa shape index (κ2) is 6.03. The van der Waals surface area contributed by atoms with Crippen LogP contribution in [-0.2, 0) is 0 Å². The number of rotatable bonds is 4. The molecular weight excluding hydrogens is 300 g/mol. The van der Waals surface area contributed by atoms with Crippen LogP contribution in [0.25, 0.3) is 10.2 Å². The van der Waals surface area contributed by atoms with E-state index in [1.807, 2.05) is 24.3 Å². The van der Waals surface area contributed by atoms with Crippen molar-refractivity contribution in [2.24, 2.45) is 0 Å². The fraction of sp³-hybridized carbons (Fsp3) is 0.125. The van der Waals surface area contributed by atoms with E-state index in [0.29, 0.717) is 27.7 Å². The van der Waals surface area contributed by atoms with Gasteiger partial charge in [-0.3, -0.25) is 10.1 Å². The van der Waals surface area contributed by atoms with Crippen molar-refractivity contribution in [2.45, 2.75) is 0 Å². The molecule has 0 atom stereocenters. The monoisotopic (exact) mass is 314 g/mol. The number of hydrogen-bond donors (Lipinski definition) is 1. The molecule has 0 aliphatic rings. The molecule has 0 unspecified atom stereocenters. The molecule has 0 saturated carbocycles. The maximum Gasteiger partial charge on any atom is 0.257 e. The highest BCUT2D eigenvalue weighted by Crippen LogP contribution is 2.36. The molecule has 112 valence electrons. The van der Waals surface area contributed by atoms with E-state index in [9.17, 15) is 4.79 Å². The average Bonchev–Trinajstić information content (AvgIpc) is 2.96. The van der Waals surface area contributed by atoms with Crippen LogP contribution in [0.4, 0.5) is 5.13 Å². The van der Waals surface area contributed by atoms with Gasteiger partial charge in [0.05, 0.1) is 18.9 Å². The summed E-state index contributed by atoms with van der Waals surface area (Å²) < 4.78 is 11.4. The largest absolute Gasteiger partial charge is 0.497 e. The first-order valence-electron chi connectivity index (χ1n) is 6.60. The molecule has 0 spiro atoms. The maximum absolute atomic E-state index is 12.2. The second-order valence-corrected chi connectivity index (χ2v) is 5.55. The standard InChI is InChI=1S/C16H14N2O3S/c1-20-11-8-12(21-2)14-13(9-11)22-16(17-14)18-15(19)10-6-4-3-5-7-10/h3-9H,1-2H3,(H,17,18,19). The normalized spacial score (nSPS) is 10.5. The number of amides is 1. The zero-order valence-electron chi connectivity index (χ0n) is 12.1. The first-order chi connectivity index (χ1) is 10.7. The van der Waals surface area contributed by atoms with Crippen molar-refractivity contribution >= 4 is 32.6 Å². The van der Waals surface area contributed by atoms with Crippen LogP contribution in [0.1, 0.15) is 10.4 Å². The third-order valence-corrected chi connectivity index (χ3v) is 4.06. The van der Waals surface area contributed by atoms with Gasteiger partial charge < -0.3 is 9.47 Å². The molecule has 2 aromatic carbocycles. The molecule has 0 saturated heterocycles. The molecule has 0 aliphatic carbocycles. The minimum Gasteiger partial charge on any atom is -0.497 e. The van der Waals surface area contributed by atoms with Gasteiger partial charge in [-0.15, -0.1) is 0 Å². The van der Waals surface area contributed by atoms with Gasteiger partial charge in [-0.25, -0.2) is 4.98 Å². The molecule has 0 fully saturated rings. The van der Waals surface area contributed by atoms with Gasteiger partial charge in [0.15, 0.2) is 5.13 Å². The van der Waals surface area contributed by atoms with E-state index in [1.165, 1.54) is 11.3 Å². The molecule has 1 amide bonds. The number of nitrogens with zero attached hydrogens (tertiary/aromatic N) is 1. The molecule has 0 radical (unpaired) electrons. The first kappa shape index (κ1) is 14.3. The number of ether oxygens (including phenoxy) is 2. The Morgan fingerprint density at radius 1 is 1.14 bits per heavy atom. The smallest absolute Gasteiger partial charge is 0.257 e. The number of hydrogen-bond acceptors (Lipinski definition) is 5. The Kier molecular flexibility index (Phi) is 3.93. The van der Waals surface area contributed by atoms with E-state index in [2.05, 4.69) is 10.3 Å². The van der Waals surface area contributed by atoms with Gasteiger partial charge in [-0.1, -0.05) is 29.5 Å². The highest BCUT2D eigenvalue weighted by molar-refractivity contribution is 7.22. The quantitative estimate of drug-likeness (QED) is 0.800. The van der Waals surface area contributed by atoms with Crippen LogP contribution in [-0.4, -0.2) is 25.1 Å². The van der Waals surface area contributed by atoms with Crippen molar-refractivity contribution in [3.8, 4) is 11.5 Å². The van der Waals surface area contributed by atoms with Gasteiger partial charge in [-0.05, 0) is 18.2 Å². The van der Waals surface area contributed by atoms with E-state index in [4.69, 9.17) is 9.47 Å². The molecule has 1 N–H and O–H groups in total. The van der Waals surface area contributed by atoms with E-state index in [1.54, 1.807) is 32.4 Å². The van der Waals surface area contributed by atoms with Crippen LogP contribution in [0, 0.1) is 0 Å². The fourth-order valence-corrected chi connectivity index (χ4v) is 2.97. The number of methoxy groups -OCH3 is 2. The summed E-state index contributed by atoms with van der Waals surface area (Å²) in [4.78, 5) is 16.6. The Hall–Kier alpha value is -2.60. The van der Waals surface area contributed by atoms with Gasteiger partial charge in [0.1, 0.15) is 17.0 Å². The van der Waals surface area contributed by atoms with Gasteiger partial charge in [-0.2, -0.15) is 0 Å². The lowest BCUT2D eigenvalue weighted by atomic mass is 10.2. The summed E-state index contributed by atoms with van der Waals surface area (Å²) in [5, 5.41) is 3.33. The number of carbonyl (C=O) groups excluding carboxylic acids is 1. The maximum atomic E-state index is 12.2. The van der Waals surface area contributed by atoms with Crippen LogP contribution < -0.4 is 14.8 Å². The third-order valence-electron chi connectivity index (χ3n) is 3.15. The third kappa shape index (κ3) is 2.73. The number of thiazole rings is 1. The molecular formula is C16H14N2O3S. The molecule has 5 nitrogen and oxygen atoms in total. The first-order valence-corrected chi connectivity index (χ1v) is 7.42. The highest BCUT2D eigenvalue weighted by Gasteiger charge is 2.13. The summed E-state index contributed by atoms with van der Waals surface area (Å²) in [6.07, 6.45) is 0. The SMILES string of the molecule is COc1cc(OC)c2nc(NC(=O)c3ccccc3)sc2c1. The molecule has 1 aromatic heterocycles. The van der Waals surface area contributed by atoms with Crippen molar-refractivity contribution in [3.05, 3.63) is 48.0 Å². The molecule has 0 bridgehead atoms. The molecule has 3 rings (SSSR count). The minimum absolute atomic E-state index is 0.189. The van der Waals surface area contributed by atoms with Gasteiger partial charge in [0.25, 0.3) is 5.91 Å². The Bertz CT molecular complexity index is 815. The van der Waals surface area contributed by atoms with Gasteiger partial charge >= 0.3 is 0 Å². The number of aromatic nitrogens is 1. The van der Waals surface area contributed by atoms with Crippen LogP contribution in [0.3, 0.4) is 0 Å². The van der Waals surface area contributed by atoms with Crippen LogP contribution in [0.2, 0.25) is 0 Å². The summed E-state index contributed by atoms with van der Waals surface area (Å²) in [6, 6.07) is 12.7. The van der Waals surface area contributed by atoms with Gasteiger partial charge in [0, 0.05) is 11.6 Å². The number of fused-ring (bicyclic) bond motifs is 1. The van der Waals surface area contributed by atoms with E-state index >= 15 is 0 Å². The zero-order valence-corrected chi connectivity index (χ0v) is 12.9. The Balaban J connectivity index is 1.94. The lowest BCUT2D eigenvalue weighted by molar-refractivity contribution is 0.102. The van der Waals surface area contributed by atoms with Crippen molar-refractivity contribution in [3.63, 3.8) is 0 Å². The summed E-state index contributed by atoms with van der Waals surface area (Å²) in [6.45, 7) is 0. The predicted molar refractivity (Wildman–Crippen MR) is 87.1 cm³/mol. The Labute approximate surface area is 131 Å². The van der Waals surface area contributed by atoms with Crippen molar-refractivity contribution < 1.29 is 14.3 Å². The molecule has 6 heteroatoms. The average molecular weight is 314 g/mol. The van der Waals surface area contributed by atoms with Crippen LogP contribution in [0.5, 0.6) is 11.5 Å². The Morgan fingerprint density at radius 2 is 1.91 bits per heavy atom. The number of benzene rings is 2. The number of carbonyl (C=O) groups is 1. The Morgan fingerprint density at radius 3 is 2.59 bits per heavy atom. The predicted octanol–water partition coefficient (Wildman–Crippen LogP) is 3.57. The van der Waals surface area contributed by atoms with Crippen molar-refractivity contribution in [1.82, 2.24) is 4.98 Å². The summed E-state index contributed by atoms with van der Waals surface area (Å²) in [5.41, 5.74) is 1.29. The number of anilines is 1. The van der Waals surface area contributed by atoms with E-state index in [-0.39, 0.29) is 5.91 Å². The highest BCUT2D eigenvalue weighted by atomic mass is 32.1. The topological polar surface area (TPSA) is 60.5 Å². The number of nitrogens with one attached hydrogen (secondary N) is 1. The molecule has 1 heterocycles. The van der Waals surface area contributed by atoms with Gasteiger partial charge in [0.2, 0.25) is 0 Å². The van der Waals surface area contributed by atoms with Crippen molar-refractivity contribution in [1.29, 1.82) is 0 Å². The van der Waals surface area contributed by atoms with E-state index < -0.39 is 0 Å². The molecule has 0 aliphatic heterocycles. The fourth-order valence-electron chi connectivity index (χ4n) is 2.06. The molecule has 22 heavy (non-hydrogen) atoms. The summed E-state index contributed by atoms with van der Waals surface area (Å²) >= 11 is 1.38. The zero-order chi connectivity index (χ0) is 15.5. The summed E-state index contributed by atoms with van der Waals surface area (Å²) in [5.74, 6) is 1.12. The lowest BCUT2D eigenvalue weighted by Crippen LogP contribution is -2.11. The van der Waals surface area contributed by atoms with Crippen LogP contribution >= 0.6 is 11.3 Å². The second-order valence-electron chi connectivity index (χ2n) is 4.52. The van der Waals surface area contributed by atoms with Crippen LogP contribution in [0.15, 0.2) is 42.5 Å². The van der Waals surface area contributed by atoms with E-state index in [0.717, 1.165) is 4.70 Å². The summed E-state index contributed by atoms with van der Waals surface area (Å²) in [7, 11) is 3.18. The molecule has 3 aromatic rings. The van der Waals surface area contributed by atoms with Crippen molar-refractivity contribution in [2.75, 3.05) is 19.5 Å². The minimum atomic E-state index is -0.189.